The molecule has 1 spiro atoms. The van der Waals surface area contributed by atoms with Gasteiger partial charge >= 0.3 is 0 Å². The van der Waals surface area contributed by atoms with Crippen molar-refractivity contribution in [2.45, 2.75) is 31.0 Å². The number of nitrogens with zero attached hydrogens (tertiary/aromatic N) is 2. The second kappa shape index (κ2) is 9.73. The standard InChI is InChI=1S/C27H29N3O4/c1-32-21-11-9-20(10-12-21)29-25-24(8-5-15-28-25)26(31)30-16-13-27(14-17-30)18-23(19-33-27)34-22-6-3-2-4-7-22/h2-12,15,23H,13-14,16-19H2,1H3,(H,28,29)/t23-/m0/s1. The third kappa shape index (κ3) is 4.84. The van der Waals surface area contributed by atoms with E-state index in [-0.39, 0.29) is 17.6 Å². The number of piperidine rings is 1. The van der Waals surface area contributed by atoms with Crippen LogP contribution >= 0.6 is 0 Å². The lowest BCUT2D eigenvalue weighted by Gasteiger charge is -2.38. The summed E-state index contributed by atoms with van der Waals surface area (Å²) in [6.07, 6.45) is 4.18. The van der Waals surface area contributed by atoms with Gasteiger partial charge in [0.2, 0.25) is 0 Å². The van der Waals surface area contributed by atoms with Crippen molar-refractivity contribution < 1.29 is 19.0 Å². The molecule has 1 amide bonds. The molecule has 0 radical (unpaired) electrons. The number of anilines is 2. The van der Waals surface area contributed by atoms with Crippen LogP contribution in [0.3, 0.4) is 0 Å². The minimum atomic E-state index is -0.213. The number of aromatic nitrogens is 1. The van der Waals surface area contributed by atoms with Crippen molar-refractivity contribution in [3.63, 3.8) is 0 Å². The number of hydrogen-bond acceptors (Lipinski definition) is 6. The number of benzene rings is 2. The fraction of sp³-hybridized carbons (Fsp3) is 0.333. The van der Waals surface area contributed by atoms with E-state index in [9.17, 15) is 4.79 Å². The van der Waals surface area contributed by atoms with Gasteiger partial charge in [0.15, 0.2) is 0 Å². The molecule has 2 aliphatic heterocycles. The SMILES string of the molecule is COc1ccc(Nc2ncccc2C(=O)N2CCC3(CC2)C[C@H](Oc2ccccc2)CO3)cc1. The van der Waals surface area contributed by atoms with E-state index in [0.717, 1.165) is 36.4 Å². The summed E-state index contributed by atoms with van der Waals surface area (Å²) in [4.78, 5) is 19.7. The Labute approximate surface area is 199 Å². The molecule has 3 aromatic rings. The van der Waals surface area contributed by atoms with Gasteiger partial charge in [-0.3, -0.25) is 4.79 Å². The van der Waals surface area contributed by atoms with Gasteiger partial charge in [0, 0.05) is 31.4 Å². The number of ether oxygens (including phenoxy) is 3. The molecule has 1 N–H and O–H groups in total. The van der Waals surface area contributed by atoms with Gasteiger partial charge in [-0.15, -0.1) is 0 Å². The van der Waals surface area contributed by atoms with E-state index in [2.05, 4.69) is 10.3 Å². The minimum absolute atomic E-state index is 0.0194. The Balaban J connectivity index is 1.21. The molecule has 2 fully saturated rings. The molecule has 0 unspecified atom stereocenters. The summed E-state index contributed by atoms with van der Waals surface area (Å²) in [5, 5.41) is 3.27. The highest BCUT2D eigenvalue weighted by molar-refractivity contribution is 5.99. The van der Waals surface area contributed by atoms with Crippen molar-refractivity contribution in [3.05, 3.63) is 78.5 Å². The maximum absolute atomic E-state index is 13.4. The fourth-order valence-corrected chi connectivity index (χ4v) is 4.69. The zero-order valence-corrected chi connectivity index (χ0v) is 19.3. The van der Waals surface area contributed by atoms with Crippen LogP contribution in [0.5, 0.6) is 11.5 Å². The highest BCUT2D eigenvalue weighted by Gasteiger charge is 2.44. The van der Waals surface area contributed by atoms with E-state index in [1.807, 2.05) is 65.6 Å². The number of pyridine rings is 1. The molecule has 0 bridgehead atoms. The average Bonchev–Trinajstić information content (AvgIpc) is 3.27. The smallest absolute Gasteiger partial charge is 0.257 e. The average molecular weight is 460 g/mol. The van der Waals surface area contributed by atoms with Crippen LogP contribution in [0.2, 0.25) is 0 Å². The molecule has 2 aliphatic rings. The first kappa shape index (κ1) is 22.2. The van der Waals surface area contributed by atoms with Gasteiger partial charge in [0.05, 0.1) is 24.9 Å². The van der Waals surface area contributed by atoms with Crippen LogP contribution in [0.15, 0.2) is 72.9 Å². The highest BCUT2D eigenvalue weighted by atomic mass is 16.6. The molecule has 2 saturated heterocycles. The molecule has 3 heterocycles. The Morgan fingerprint density at radius 3 is 2.53 bits per heavy atom. The summed E-state index contributed by atoms with van der Waals surface area (Å²) in [6, 6.07) is 21.0. The van der Waals surface area contributed by atoms with E-state index in [1.165, 1.54) is 0 Å². The zero-order chi connectivity index (χ0) is 23.4. The molecule has 5 rings (SSSR count). The number of amides is 1. The Morgan fingerprint density at radius 2 is 1.79 bits per heavy atom. The van der Waals surface area contributed by atoms with E-state index in [4.69, 9.17) is 14.2 Å². The van der Waals surface area contributed by atoms with Gasteiger partial charge in [-0.2, -0.15) is 0 Å². The predicted octanol–water partition coefficient (Wildman–Crippen LogP) is 4.68. The number of para-hydroxylation sites is 1. The molecule has 1 atom stereocenters. The summed E-state index contributed by atoms with van der Waals surface area (Å²) in [6.45, 7) is 1.88. The molecule has 2 aromatic carbocycles. The summed E-state index contributed by atoms with van der Waals surface area (Å²) in [5.41, 5.74) is 1.19. The maximum atomic E-state index is 13.4. The van der Waals surface area contributed by atoms with Crippen LogP contribution in [0.1, 0.15) is 29.6 Å². The van der Waals surface area contributed by atoms with E-state index < -0.39 is 0 Å². The Kier molecular flexibility index (Phi) is 6.36. The third-order valence-corrected chi connectivity index (χ3v) is 6.57. The van der Waals surface area contributed by atoms with Crippen LogP contribution in [0, 0.1) is 0 Å². The number of hydrogen-bond donors (Lipinski definition) is 1. The van der Waals surface area contributed by atoms with E-state index in [0.29, 0.717) is 31.1 Å². The summed E-state index contributed by atoms with van der Waals surface area (Å²) >= 11 is 0. The molecule has 7 nitrogen and oxygen atoms in total. The van der Waals surface area contributed by atoms with Crippen molar-refractivity contribution in [1.82, 2.24) is 9.88 Å². The second-order valence-electron chi connectivity index (χ2n) is 8.80. The van der Waals surface area contributed by atoms with Crippen LogP contribution in [-0.4, -0.2) is 54.3 Å². The molecule has 0 aliphatic carbocycles. The maximum Gasteiger partial charge on any atom is 0.257 e. The van der Waals surface area contributed by atoms with Crippen LogP contribution in [-0.2, 0) is 4.74 Å². The second-order valence-corrected chi connectivity index (χ2v) is 8.80. The monoisotopic (exact) mass is 459 g/mol. The van der Waals surface area contributed by atoms with Gasteiger partial charge in [-0.25, -0.2) is 4.98 Å². The summed E-state index contributed by atoms with van der Waals surface area (Å²) in [5.74, 6) is 2.17. The highest BCUT2D eigenvalue weighted by Crippen LogP contribution is 2.38. The molecule has 34 heavy (non-hydrogen) atoms. The van der Waals surface area contributed by atoms with Gasteiger partial charge in [0.25, 0.3) is 5.91 Å². The van der Waals surface area contributed by atoms with Gasteiger partial charge in [0.1, 0.15) is 23.4 Å². The first-order valence-corrected chi connectivity index (χ1v) is 11.7. The number of nitrogens with one attached hydrogen (secondary N) is 1. The Bertz CT molecular complexity index is 1110. The van der Waals surface area contributed by atoms with Crippen LogP contribution < -0.4 is 14.8 Å². The molecule has 7 heteroatoms. The topological polar surface area (TPSA) is 72.9 Å². The number of rotatable bonds is 6. The van der Waals surface area contributed by atoms with Crippen molar-refractivity contribution >= 4 is 17.4 Å². The van der Waals surface area contributed by atoms with Crippen molar-refractivity contribution in [2.24, 2.45) is 0 Å². The normalized spacial score (nSPS) is 19.1. The van der Waals surface area contributed by atoms with Gasteiger partial charge in [-0.1, -0.05) is 18.2 Å². The lowest BCUT2D eigenvalue weighted by molar-refractivity contribution is -0.0395. The number of likely N-dealkylation sites (tertiary alicyclic amines) is 1. The molecule has 176 valence electrons. The van der Waals surface area contributed by atoms with Crippen molar-refractivity contribution in [2.75, 3.05) is 32.1 Å². The third-order valence-electron chi connectivity index (χ3n) is 6.57. The summed E-state index contributed by atoms with van der Waals surface area (Å²) < 4.78 is 17.5. The predicted molar refractivity (Wildman–Crippen MR) is 130 cm³/mol. The number of methoxy groups -OCH3 is 1. The van der Waals surface area contributed by atoms with Gasteiger partial charge in [-0.05, 0) is 61.4 Å². The minimum Gasteiger partial charge on any atom is -0.497 e. The van der Waals surface area contributed by atoms with Gasteiger partial charge < -0.3 is 24.4 Å². The quantitative estimate of drug-likeness (QED) is 0.577. The largest absolute Gasteiger partial charge is 0.497 e. The number of carbonyl (C=O) groups is 1. The Morgan fingerprint density at radius 1 is 1.03 bits per heavy atom. The summed E-state index contributed by atoms with van der Waals surface area (Å²) in [7, 11) is 1.63. The zero-order valence-electron chi connectivity index (χ0n) is 19.3. The van der Waals surface area contributed by atoms with Crippen molar-refractivity contribution in [3.8, 4) is 11.5 Å². The van der Waals surface area contributed by atoms with E-state index in [1.54, 1.807) is 19.4 Å². The molecular weight excluding hydrogens is 430 g/mol. The first-order valence-electron chi connectivity index (χ1n) is 11.7. The van der Waals surface area contributed by atoms with Crippen LogP contribution in [0.4, 0.5) is 11.5 Å². The van der Waals surface area contributed by atoms with Crippen LogP contribution in [0.25, 0.3) is 0 Å². The molecule has 0 saturated carbocycles. The lowest BCUT2D eigenvalue weighted by atomic mass is 9.87. The van der Waals surface area contributed by atoms with E-state index >= 15 is 0 Å². The Hall–Kier alpha value is -3.58. The lowest BCUT2D eigenvalue weighted by Crippen LogP contribution is -2.46. The van der Waals surface area contributed by atoms with Crippen molar-refractivity contribution in [1.29, 1.82) is 0 Å². The first-order chi connectivity index (χ1) is 16.6. The molecule has 1 aromatic heterocycles. The number of carbonyl (C=O) groups excluding carboxylic acids is 1. The fourth-order valence-electron chi connectivity index (χ4n) is 4.69. The molecular formula is C27H29N3O4.